The smallest absolute Gasteiger partial charge is 0.295 e. The monoisotopic (exact) mass is 226 g/mol. The Hall–Kier alpha value is -1.49. The number of aliphatic hydroxyl groups is 1. The van der Waals surface area contributed by atoms with E-state index >= 15 is 0 Å². The molecular weight excluding hydrogens is 214 g/mol. The molecule has 5 heteroatoms. The Morgan fingerprint density at radius 2 is 2.12 bits per heavy atom. The molecule has 0 aliphatic carbocycles. The van der Waals surface area contributed by atoms with Crippen LogP contribution in [0.1, 0.15) is 11.4 Å². The fourth-order valence-corrected chi connectivity index (χ4v) is 1.64. The normalized spacial score (nSPS) is 12.3. The van der Waals surface area contributed by atoms with Crippen LogP contribution in [0.3, 0.4) is 0 Å². The van der Waals surface area contributed by atoms with Crippen molar-refractivity contribution in [3.05, 3.63) is 29.6 Å². The van der Waals surface area contributed by atoms with Crippen molar-refractivity contribution in [2.24, 2.45) is 7.05 Å². The first-order chi connectivity index (χ1) is 7.45. The third-order valence-corrected chi connectivity index (χ3v) is 2.73. The van der Waals surface area contributed by atoms with Gasteiger partial charge in [-0.05, 0) is 19.1 Å². The van der Waals surface area contributed by atoms with Gasteiger partial charge < -0.3 is 9.67 Å². The lowest BCUT2D eigenvalue weighted by Gasteiger charge is -2.13. The highest BCUT2D eigenvalue weighted by Crippen LogP contribution is 2.29. The van der Waals surface area contributed by atoms with Crippen LogP contribution in [-0.4, -0.2) is 21.3 Å². The summed E-state index contributed by atoms with van der Waals surface area (Å²) in [5.74, 6) is -2.45. The van der Waals surface area contributed by atoms with Crippen molar-refractivity contribution in [2.45, 2.75) is 12.8 Å². The highest BCUT2D eigenvalue weighted by atomic mass is 19.3. The Kier molecular flexibility index (Phi) is 2.42. The molecule has 86 valence electrons. The van der Waals surface area contributed by atoms with Crippen molar-refractivity contribution in [1.29, 1.82) is 0 Å². The van der Waals surface area contributed by atoms with Gasteiger partial charge in [0.15, 0.2) is 0 Å². The van der Waals surface area contributed by atoms with E-state index in [2.05, 4.69) is 4.98 Å². The topological polar surface area (TPSA) is 38.1 Å². The second kappa shape index (κ2) is 3.52. The fourth-order valence-electron chi connectivity index (χ4n) is 1.64. The third-order valence-electron chi connectivity index (χ3n) is 2.73. The zero-order chi connectivity index (χ0) is 11.9. The van der Waals surface area contributed by atoms with Crippen LogP contribution in [0.25, 0.3) is 11.0 Å². The number of benzene rings is 1. The number of rotatable bonds is 2. The molecule has 0 aliphatic rings. The molecule has 2 rings (SSSR count). The molecule has 1 N–H and O–H groups in total. The average Bonchev–Trinajstić information content (AvgIpc) is 2.54. The number of nitrogens with zero attached hydrogens (tertiary/aromatic N) is 2. The Labute approximate surface area is 91.3 Å². The van der Waals surface area contributed by atoms with E-state index in [4.69, 9.17) is 5.11 Å². The van der Waals surface area contributed by atoms with Crippen LogP contribution in [0.4, 0.5) is 8.78 Å². The molecule has 0 radical (unpaired) electrons. The van der Waals surface area contributed by atoms with E-state index in [0.717, 1.165) is 11.3 Å². The first-order valence-corrected chi connectivity index (χ1v) is 4.88. The van der Waals surface area contributed by atoms with Gasteiger partial charge in [-0.2, -0.15) is 8.78 Å². The maximum absolute atomic E-state index is 13.2. The van der Waals surface area contributed by atoms with Gasteiger partial charge in [0.2, 0.25) is 0 Å². The SMILES string of the molecule is Cc1nc2cc(C(F)(F)CO)ccc2n1C. The van der Waals surface area contributed by atoms with E-state index in [1.807, 2.05) is 18.5 Å². The van der Waals surface area contributed by atoms with Crippen LogP contribution in [0.15, 0.2) is 18.2 Å². The molecule has 0 fully saturated rings. The molecule has 16 heavy (non-hydrogen) atoms. The second-order valence-electron chi connectivity index (χ2n) is 3.78. The molecule has 3 nitrogen and oxygen atoms in total. The summed E-state index contributed by atoms with van der Waals surface area (Å²) in [5.41, 5.74) is 1.11. The number of alkyl halides is 2. The van der Waals surface area contributed by atoms with E-state index in [1.165, 1.54) is 12.1 Å². The van der Waals surface area contributed by atoms with Gasteiger partial charge >= 0.3 is 0 Å². The molecule has 0 saturated heterocycles. The molecular formula is C11H12F2N2O. The maximum atomic E-state index is 13.2. The lowest BCUT2D eigenvalue weighted by molar-refractivity contribution is -0.0555. The summed E-state index contributed by atoms with van der Waals surface area (Å²) >= 11 is 0. The molecule has 0 bridgehead atoms. The van der Waals surface area contributed by atoms with Crippen molar-refractivity contribution in [2.75, 3.05) is 6.61 Å². The van der Waals surface area contributed by atoms with Gasteiger partial charge in [-0.15, -0.1) is 0 Å². The fraction of sp³-hybridized carbons (Fsp3) is 0.364. The number of imidazole rings is 1. The Morgan fingerprint density at radius 1 is 1.44 bits per heavy atom. The summed E-state index contributed by atoms with van der Waals surface area (Å²) in [4.78, 5) is 4.17. The molecule has 0 saturated carbocycles. The lowest BCUT2D eigenvalue weighted by atomic mass is 10.1. The standard InChI is InChI=1S/C11H12F2N2O/c1-7-14-9-5-8(11(12,13)6-16)3-4-10(9)15(7)2/h3-5,16H,6H2,1-2H3. The number of aromatic nitrogens is 2. The molecule has 0 spiro atoms. The quantitative estimate of drug-likeness (QED) is 0.850. The Morgan fingerprint density at radius 3 is 2.75 bits per heavy atom. The average molecular weight is 226 g/mol. The van der Waals surface area contributed by atoms with Crippen molar-refractivity contribution in [3.63, 3.8) is 0 Å². The summed E-state index contributed by atoms with van der Waals surface area (Å²) < 4.78 is 28.3. The first-order valence-electron chi connectivity index (χ1n) is 4.88. The van der Waals surface area contributed by atoms with E-state index in [1.54, 1.807) is 6.07 Å². The predicted molar refractivity (Wildman–Crippen MR) is 56.4 cm³/mol. The number of hydrogen-bond donors (Lipinski definition) is 1. The number of aryl methyl sites for hydroxylation is 2. The number of halogens is 2. The van der Waals surface area contributed by atoms with Gasteiger partial charge in [-0.25, -0.2) is 4.98 Å². The van der Waals surface area contributed by atoms with E-state index < -0.39 is 12.5 Å². The van der Waals surface area contributed by atoms with Crippen molar-refractivity contribution >= 4 is 11.0 Å². The predicted octanol–water partition coefficient (Wildman–Crippen LogP) is 1.97. The zero-order valence-electron chi connectivity index (χ0n) is 9.04. The summed E-state index contributed by atoms with van der Waals surface area (Å²) in [6, 6.07) is 4.23. The van der Waals surface area contributed by atoms with Gasteiger partial charge in [-0.3, -0.25) is 0 Å². The van der Waals surface area contributed by atoms with Crippen LogP contribution in [0.2, 0.25) is 0 Å². The van der Waals surface area contributed by atoms with Crippen molar-refractivity contribution in [1.82, 2.24) is 9.55 Å². The van der Waals surface area contributed by atoms with Crippen LogP contribution in [0, 0.1) is 6.92 Å². The number of hydrogen-bond acceptors (Lipinski definition) is 2. The van der Waals surface area contributed by atoms with Gasteiger partial charge in [-0.1, -0.05) is 6.07 Å². The minimum atomic E-state index is -3.21. The van der Waals surface area contributed by atoms with Gasteiger partial charge in [0.1, 0.15) is 12.4 Å². The van der Waals surface area contributed by atoms with Crippen molar-refractivity contribution in [3.8, 4) is 0 Å². The van der Waals surface area contributed by atoms with Crippen LogP contribution >= 0.6 is 0 Å². The van der Waals surface area contributed by atoms with Gasteiger partial charge in [0, 0.05) is 12.6 Å². The minimum Gasteiger partial charge on any atom is -0.390 e. The number of aliphatic hydroxyl groups excluding tert-OH is 1. The molecule has 0 unspecified atom stereocenters. The van der Waals surface area contributed by atoms with Crippen LogP contribution < -0.4 is 0 Å². The van der Waals surface area contributed by atoms with Gasteiger partial charge in [0.05, 0.1) is 11.0 Å². The molecule has 0 amide bonds. The molecule has 1 heterocycles. The summed E-state index contributed by atoms with van der Waals surface area (Å²) in [6.07, 6.45) is 0. The highest BCUT2D eigenvalue weighted by Gasteiger charge is 2.30. The maximum Gasteiger partial charge on any atom is 0.295 e. The van der Waals surface area contributed by atoms with Crippen LogP contribution in [-0.2, 0) is 13.0 Å². The zero-order valence-corrected chi connectivity index (χ0v) is 9.04. The molecule has 0 aliphatic heterocycles. The first kappa shape index (κ1) is 11.0. The summed E-state index contributed by atoms with van der Waals surface area (Å²) in [7, 11) is 1.83. The molecule has 2 aromatic rings. The van der Waals surface area contributed by atoms with Crippen LogP contribution in [0.5, 0.6) is 0 Å². The third kappa shape index (κ3) is 1.57. The minimum absolute atomic E-state index is 0.208. The summed E-state index contributed by atoms with van der Waals surface area (Å²) in [5, 5.41) is 8.60. The van der Waals surface area contributed by atoms with E-state index in [0.29, 0.717) is 5.52 Å². The molecule has 1 aromatic carbocycles. The largest absolute Gasteiger partial charge is 0.390 e. The second-order valence-corrected chi connectivity index (χ2v) is 3.78. The molecule has 1 aromatic heterocycles. The summed E-state index contributed by atoms with van der Waals surface area (Å²) in [6.45, 7) is 0.619. The molecule has 0 atom stereocenters. The van der Waals surface area contributed by atoms with Gasteiger partial charge in [0.25, 0.3) is 5.92 Å². The van der Waals surface area contributed by atoms with E-state index in [-0.39, 0.29) is 5.56 Å². The Balaban J connectivity index is 2.61. The number of fused-ring (bicyclic) bond motifs is 1. The van der Waals surface area contributed by atoms with E-state index in [9.17, 15) is 8.78 Å². The highest BCUT2D eigenvalue weighted by molar-refractivity contribution is 5.77. The Bertz CT molecular complexity index is 534. The van der Waals surface area contributed by atoms with Crippen molar-refractivity contribution < 1.29 is 13.9 Å². The lowest BCUT2D eigenvalue weighted by Crippen LogP contribution is -2.18.